The molecule has 1 heterocycles. The average molecular weight is 282 g/mol. The number of fused-ring (bicyclic) bond motifs is 1. The van der Waals surface area contributed by atoms with Gasteiger partial charge in [0.25, 0.3) is 0 Å². The van der Waals surface area contributed by atoms with Crippen molar-refractivity contribution in [2.24, 2.45) is 0 Å². The van der Waals surface area contributed by atoms with Crippen LogP contribution in [0.5, 0.6) is 5.75 Å². The van der Waals surface area contributed by atoms with Crippen LogP contribution in [0.3, 0.4) is 0 Å². The second-order valence-corrected chi connectivity index (χ2v) is 6.58. The molecule has 0 spiro atoms. The fourth-order valence-corrected chi connectivity index (χ4v) is 3.46. The van der Waals surface area contributed by atoms with Crippen LogP contribution in [0, 0.1) is 0 Å². The SMILES string of the molecule is COC(=O)CC(C)S(=O)CC1COc2ccccc21. The molecule has 0 aliphatic carbocycles. The number of methoxy groups -OCH3 is 1. The van der Waals surface area contributed by atoms with Gasteiger partial charge in [-0.2, -0.15) is 0 Å². The number of carbonyl (C=O) groups is 1. The van der Waals surface area contributed by atoms with Crippen molar-refractivity contribution in [3.8, 4) is 5.75 Å². The number of para-hydroxylation sites is 1. The number of ether oxygens (including phenoxy) is 2. The Morgan fingerprint density at radius 1 is 1.53 bits per heavy atom. The van der Waals surface area contributed by atoms with Crippen LogP contribution < -0.4 is 4.74 Å². The van der Waals surface area contributed by atoms with Gasteiger partial charge < -0.3 is 9.47 Å². The number of hydrogen-bond acceptors (Lipinski definition) is 4. The number of carbonyl (C=O) groups excluding carboxylic acids is 1. The summed E-state index contributed by atoms with van der Waals surface area (Å²) in [5.74, 6) is 1.24. The maximum Gasteiger partial charge on any atom is 0.306 e. The molecule has 3 unspecified atom stereocenters. The molecule has 4 nitrogen and oxygen atoms in total. The van der Waals surface area contributed by atoms with Crippen molar-refractivity contribution >= 4 is 16.8 Å². The van der Waals surface area contributed by atoms with Gasteiger partial charge in [-0.15, -0.1) is 0 Å². The van der Waals surface area contributed by atoms with E-state index < -0.39 is 10.8 Å². The minimum absolute atomic E-state index is 0.150. The quantitative estimate of drug-likeness (QED) is 0.774. The first kappa shape index (κ1) is 14.1. The third-order valence-electron chi connectivity index (χ3n) is 3.29. The molecule has 0 saturated heterocycles. The second-order valence-electron chi connectivity index (χ2n) is 4.68. The number of esters is 1. The average Bonchev–Trinajstić information content (AvgIpc) is 2.82. The van der Waals surface area contributed by atoms with Gasteiger partial charge in [0.2, 0.25) is 0 Å². The van der Waals surface area contributed by atoms with Crippen LogP contribution in [0.1, 0.15) is 24.8 Å². The second kappa shape index (κ2) is 6.19. The lowest BCUT2D eigenvalue weighted by atomic mass is 10.0. The Morgan fingerprint density at radius 3 is 3.00 bits per heavy atom. The van der Waals surface area contributed by atoms with Crippen molar-refractivity contribution in [3.05, 3.63) is 29.8 Å². The van der Waals surface area contributed by atoms with Crippen LogP contribution in [-0.4, -0.2) is 34.9 Å². The van der Waals surface area contributed by atoms with Gasteiger partial charge in [0, 0.05) is 33.3 Å². The minimum Gasteiger partial charge on any atom is -0.493 e. The van der Waals surface area contributed by atoms with Crippen molar-refractivity contribution in [1.29, 1.82) is 0 Å². The summed E-state index contributed by atoms with van der Waals surface area (Å²) in [6.45, 7) is 2.38. The monoisotopic (exact) mass is 282 g/mol. The third-order valence-corrected chi connectivity index (χ3v) is 5.09. The molecule has 0 fully saturated rings. The van der Waals surface area contributed by atoms with E-state index in [0.29, 0.717) is 12.4 Å². The Kier molecular flexibility index (Phi) is 4.58. The molecular weight excluding hydrogens is 264 g/mol. The Hall–Kier alpha value is -1.36. The summed E-state index contributed by atoms with van der Waals surface area (Å²) in [7, 11) is 0.281. The van der Waals surface area contributed by atoms with Crippen LogP contribution in [0.4, 0.5) is 0 Å². The van der Waals surface area contributed by atoms with E-state index in [0.717, 1.165) is 11.3 Å². The van der Waals surface area contributed by atoms with E-state index in [2.05, 4.69) is 4.74 Å². The lowest BCUT2D eigenvalue weighted by molar-refractivity contribution is -0.140. The molecule has 1 aromatic rings. The summed E-state index contributed by atoms with van der Waals surface area (Å²) in [6, 6.07) is 7.82. The molecule has 0 aromatic heterocycles. The van der Waals surface area contributed by atoms with E-state index in [4.69, 9.17) is 4.74 Å². The van der Waals surface area contributed by atoms with Crippen LogP contribution in [0.2, 0.25) is 0 Å². The van der Waals surface area contributed by atoms with Gasteiger partial charge in [0.1, 0.15) is 5.75 Å². The topological polar surface area (TPSA) is 52.6 Å². The highest BCUT2D eigenvalue weighted by Gasteiger charge is 2.27. The first-order chi connectivity index (χ1) is 9.11. The molecule has 0 N–H and O–H groups in total. The summed E-state index contributed by atoms with van der Waals surface area (Å²) in [5, 5.41) is -0.194. The normalized spacial score (nSPS) is 20.2. The lowest BCUT2D eigenvalue weighted by Gasteiger charge is -2.13. The molecular formula is C14H18O4S. The number of rotatable bonds is 5. The van der Waals surface area contributed by atoms with Gasteiger partial charge >= 0.3 is 5.97 Å². The van der Waals surface area contributed by atoms with Crippen molar-refractivity contribution in [2.75, 3.05) is 19.5 Å². The summed E-state index contributed by atoms with van der Waals surface area (Å²) >= 11 is 0. The van der Waals surface area contributed by atoms with E-state index in [1.807, 2.05) is 31.2 Å². The summed E-state index contributed by atoms with van der Waals surface area (Å²) < 4.78 is 22.4. The van der Waals surface area contributed by atoms with Crippen LogP contribution in [0.25, 0.3) is 0 Å². The molecule has 1 aliphatic heterocycles. The van der Waals surface area contributed by atoms with Crippen molar-refractivity contribution in [2.45, 2.75) is 24.5 Å². The Balaban J connectivity index is 1.95. The lowest BCUT2D eigenvalue weighted by Crippen LogP contribution is -2.22. The fourth-order valence-electron chi connectivity index (χ4n) is 2.14. The Labute approximate surface area is 115 Å². The first-order valence-electron chi connectivity index (χ1n) is 6.27. The fraction of sp³-hybridized carbons (Fsp3) is 0.500. The van der Waals surface area contributed by atoms with Crippen molar-refractivity contribution in [1.82, 2.24) is 0 Å². The largest absolute Gasteiger partial charge is 0.493 e. The predicted molar refractivity (Wildman–Crippen MR) is 73.8 cm³/mol. The summed E-state index contributed by atoms with van der Waals surface area (Å²) in [4.78, 5) is 11.2. The van der Waals surface area contributed by atoms with E-state index in [1.165, 1.54) is 7.11 Å². The molecule has 0 radical (unpaired) electrons. The minimum atomic E-state index is -1.06. The molecule has 3 atom stereocenters. The molecule has 1 aromatic carbocycles. The van der Waals surface area contributed by atoms with Crippen molar-refractivity contribution in [3.63, 3.8) is 0 Å². The predicted octanol–water partition coefficient (Wildman–Crippen LogP) is 1.86. The Morgan fingerprint density at radius 2 is 2.26 bits per heavy atom. The Bertz CT molecular complexity index is 486. The molecule has 19 heavy (non-hydrogen) atoms. The van der Waals surface area contributed by atoms with Crippen molar-refractivity contribution < 1.29 is 18.5 Å². The van der Waals surface area contributed by atoms with Gasteiger partial charge in [-0.05, 0) is 6.07 Å². The van der Waals surface area contributed by atoms with E-state index in [9.17, 15) is 9.00 Å². The van der Waals surface area contributed by atoms with Gasteiger partial charge in [0.05, 0.1) is 20.1 Å². The number of hydrogen-bond donors (Lipinski definition) is 0. The number of benzene rings is 1. The maximum atomic E-state index is 12.2. The zero-order chi connectivity index (χ0) is 13.8. The van der Waals surface area contributed by atoms with Gasteiger partial charge in [0.15, 0.2) is 0 Å². The molecule has 0 amide bonds. The third kappa shape index (κ3) is 3.35. The molecule has 0 bridgehead atoms. The zero-order valence-corrected chi connectivity index (χ0v) is 11.9. The zero-order valence-electron chi connectivity index (χ0n) is 11.1. The molecule has 2 rings (SSSR count). The van der Waals surface area contributed by atoms with Crippen LogP contribution >= 0.6 is 0 Å². The highest BCUT2D eigenvalue weighted by Crippen LogP contribution is 2.34. The van der Waals surface area contributed by atoms with Crippen LogP contribution in [0.15, 0.2) is 24.3 Å². The van der Waals surface area contributed by atoms with E-state index in [1.54, 1.807) is 0 Å². The van der Waals surface area contributed by atoms with Gasteiger partial charge in [-0.1, -0.05) is 25.1 Å². The molecule has 104 valence electrons. The summed E-state index contributed by atoms with van der Waals surface area (Å²) in [6.07, 6.45) is 0.193. The van der Waals surface area contributed by atoms with Gasteiger partial charge in [-0.25, -0.2) is 0 Å². The molecule has 1 aliphatic rings. The van der Waals surface area contributed by atoms with Gasteiger partial charge in [-0.3, -0.25) is 9.00 Å². The van der Waals surface area contributed by atoms with E-state index in [-0.39, 0.29) is 23.6 Å². The smallest absolute Gasteiger partial charge is 0.306 e. The molecule has 5 heteroatoms. The highest BCUT2D eigenvalue weighted by molar-refractivity contribution is 7.85. The summed E-state index contributed by atoms with van der Waals surface area (Å²) in [5.41, 5.74) is 1.11. The highest BCUT2D eigenvalue weighted by atomic mass is 32.2. The van der Waals surface area contributed by atoms with Crippen LogP contribution in [-0.2, 0) is 20.3 Å². The first-order valence-corrected chi connectivity index (χ1v) is 7.65. The molecule has 0 saturated carbocycles. The maximum absolute atomic E-state index is 12.2. The van der Waals surface area contributed by atoms with E-state index >= 15 is 0 Å². The standard InChI is InChI=1S/C14H18O4S/c1-10(7-14(15)17-2)19(16)9-11-8-18-13-6-4-3-5-12(11)13/h3-6,10-11H,7-9H2,1-2H3.